The fraction of sp³-hybridized carbons (Fsp3) is 0.333. The van der Waals surface area contributed by atoms with Gasteiger partial charge in [-0.3, -0.25) is 9.69 Å². The van der Waals surface area contributed by atoms with E-state index in [0.29, 0.717) is 23.9 Å². The van der Waals surface area contributed by atoms with Crippen molar-refractivity contribution in [3.05, 3.63) is 28.5 Å². The van der Waals surface area contributed by atoms with E-state index in [4.69, 9.17) is 9.26 Å². The van der Waals surface area contributed by atoms with Crippen molar-refractivity contribution in [3.8, 4) is 11.5 Å². The van der Waals surface area contributed by atoms with Gasteiger partial charge in [0.1, 0.15) is 6.10 Å². The molecule has 2 amide bonds. The maximum absolute atomic E-state index is 12.0. The molecule has 1 aromatic heterocycles. The van der Waals surface area contributed by atoms with Gasteiger partial charge < -0.3 is 14.6 Å². The van der Waals surface area contributed by atoms with Crippen molar-refractivity contribution in [2.45, 2.75) is 20.0 Å². The molecule has 0 bridgehead atoms. The number of aromatic nitrogens is 2. The standard InChI is InChI=1S/C15H15BrN4O4/c1-8-18-14(24-19-8)12-4-3-10(5-13(12)16)20-7-11(23-15(20)22)6-17-9(2)21/h3-5,11H,6-7H2,1-2H3,(H,17,21). The van der Waals surface area contributed by atoms with E-state index in [9.17, 15) is 9.59 Å². The molecule has 2 heterocycles. The first-order valence-corrected chi connectivity index (χ1v) is 8.06. The Kier molecular flexibility index (Phi) is 4.52. The number of ether oxygens (including phenoxy) is 1. The highest BCUT2D eigenvalue weighted by molar-refractivity contribution is 9.10. The van der Waals surface area contributed by atoms with E-state index in [-0.39, 0.29) is 18.6 Å². The molecule has 1 fully saturated rings. The first kappa shape index (κ1) is 16.4. The molecule has 1 unspecified atom stereocenters. The van der Waals surface area contributed by atoms with Crippen molar-refractivity contribution in [3.63, 3.8) is 0 Å². The number of nitrogens with zero attached hydrogens (tertiary/aromatic N) is 3. The predicted octanol–water partition coefficient (Wildman–Crippen LogP) is 2.27. The first-order chi connectivity index (χ1) is 11.4. The maximum Gasteiger partial charge on any atom is 0.414 e. The van der Waals surface area contributed by atoms with E-state index < -0.39 is 6.09 Å². The highest BCUT2D eigenvalue weighted by atomic mass is 79.9. The normalized spacial score (nSPS) is 17.0. The van der Waals surface area contributed by atoms with Crippen LogP contribution >= 0.6 is 15.9 Å². The average Bonchev–Trinajstić information content (AvgIpc) is 3.11. The summed E-state index contributed by atoms with van der Waals surface area (Å²) >= 11 is 3.46. The Labute approximate surface area is 146 Å². The van der Waals surface area contributed by atoms with Crippen molar-refractivity contribution < 1.29 is 18.8 Å². The second kappa shape index (κ2) is 6.60. The van der Waals surface area contributed by atoms with Crippen molar-refractivity contribution in [2.24, 2.45) is 0 Å². The van der Waals surface area contributed by atoms with Gasteiger partial charge in [0.2, 0.25) is 5.91 Å². The maximum atomic E-state index is 12.0. The minimum absolute atomic E-state index is 0.161. The number of aryl methyl sites for hydroxylation is 1. The van der Waals surface area contributed by atoms with Gasteiger partial charge in [-0.1, -0.05) is 5.16 Å². The minimum atomic E-state index is -0.446. The van der Waals surface area contributed by atoms with Gasteiger partial charge in [-0.25, -0.2) is 4.79 Å². The predicted molar refractivity (Wildman–Crippen MR) is 88.5 cm³/mol. The lowest BCUT2D eigenvalue weighted by Crippen LogP contribution is -2.33. The molecule has 9 heteroatoms. The van der Waals surface area contributed by atoms with Crippen molar-refractivity contribution in [1.82, 2.24) is 15.5 Å². The Morgan fingerprint density at radius 3 is 2.92 bits per heavy atom. The zero-order valence-electron chi connectivity index (χ0n) is 13.1. The Morgan fingerprint density at radius 1 is 1.50 bits per heavy atom. The van der Waals surface area contributed by atoms with E-state index >= 15 is 0 Å². The van der Waals surface area contributed by atoms with Gasteiger partial charge in [0.05, 0.1) is 18.7 Å². The van der Waals surface area contributed by atoms with Crippen LogP contribution in [0.3, 0.4) is 0 Å². The fourth-order valence-corrected chi connectivity index (χ4v) is 2.88. The molecule has 24 heavy (non-hydrogen) atoms. The summed E-state index contributed by atoms with van der Waals surface area (Å²) < 4.78 is 11.1. The summed E-state index contributed by atoms with van der Waals surface area (Å²) in [5, 5.41) is 6.41. The highest BCUT2D eigenvalue weighted by Gasteiger charge is 2.32. The summed E-state index contributed by atoms with van der Waals surface area (Å²) in [6.07, 6.45) is -0.822. The van der Waals surface area contributed by atoms with Crippen LogP contribution in [0.2, 0.25) is 0 Å². The van der Waals surface area contributed by atoms with E-state index in [2.05, 4.69) is 31.4 Å². The molecule has 1 aromatic carbocycles. The quantitative estimate of drug-likeness (QED) is 0.853. The van der Waals surface area contributed by atoms with Crippen molar-refractivity contribution >= 4 is 33.6 Å². The molecule has 0 spiro atoms. The number of nitrogens with one attached hydrogen (secondary N) is 1. The number of amides is 2. The zero-order valence-corrected chi connectivity index (χ0v) is 14.7. The third-order valence-corrected chi connectivity index (χ3v) is 4.13. The first-order valence-electron chi connectivity index (χ1n) is 7.27. The summed E-state index contributed by atoms with van der Waals surface area (Å²) in [6, 6.07) is 5.36. The van der Waals surface area contributed by atoms with Crippen LogP contribution in [0.1, 0.15) is 12.7 Å². The Balaban J connectivity index is 1.77. The number of hydrogen-bond donors (Lipinski definition) is 1. The molecule has 3 rings (SSSR count). The molecule has 1 saturated heterocycles. The second-order valence-corrected chi connectivity index (χ2v) is 6.22. The average molecular weight is 395 g/mol. The summed E-state index contributed by atoms with van der Waals surface area (Å²) in [6.45, 7) is 3.82. The van der Waals surface area contributed by atoms with Gasteiger partial charge in [0.25, 0.3) is 5.89 Å². The number of carbonyl (C=O) groups is 2. The third-order valence-electron chi connectivity index (χ3n) is 3.48. The van der Waals surface area contributed by atoms with Crippen LogP contribution in [0.15, 0.2) is 27.2 Å². The van der Waals surface area contributed by atoms with Gasteiger partial charge in [-0.05, 0) is 41.1 Å². The topological polar surface area (TPSA) is 97.6 Å². The lowest BCUT2D eigenvalue weighted by atomic mass is 10.2. The molecule has 1 aliphatic rings. The fourth-order valence-electron chi connectivity index (χ4n) is 2.35. The third kappa shape index (κ3) is 3.40. The summed E-state index contributed by atoms with van der Waals surface area (Å²) in [5.74, 6) is 0.787. The van der Waals surface area contributed by atoms with Crippen LogP contribution in [0, 0.1) is 6.92 Å². The molecule has 1 aliphatic heterocycles. The van der Waals surface area contributed by atoms with E-state index in [1.807, 2.05) is 0 Å². The van der Waals surface area contributed by atoms with Crippen LogP contribution in [-0.4, -0.2) is 41.3 Å². The molecule has 1 N–H and O–H groups in total. The smallest absolute Gasteiger partial charge is 0.414 e. The van der Waals surface area contributed by atoms with E-state index in [0.717, 1.165) is 10.0 Å². The van der Waals surface area contributed by atoms with Crippen molar-refractivity contribution in [1.29, 1.82) is 0 Å². The lowest BCUT2D eigenvalue weighted by molar-refractivity contribution is -0.119. The molecule has 0 radical (unpaired) electrons. The Morgan fingerprint density at radius 2 is 2.29 bits per heavy atom. The number of anilines is 1. The molecule has 1 atom stereocenters. The molecular formula is C15H15BrN4O4. The van der Waals surface area contributed by atoms with Gasteiger partial charge >= 0.3 is 6.09 Å². The van der Waals surface area contributed by atoms with Crippen LogP contribution in [0.25, 0.3) is 11.5 Å². The number of hydrogen-bond acceptors (Lipinski definition) is 6. The second-order valence-electron chi connectivity index (χ2n) is 5.36. The monoisotopic (exact) mass is 394 g/mol. The van der Waals surface area contributed by atoms with Gasteiger partial charge in [0, 0.05) is 17.1 Å². The van der Waals surface area contributed by atoms with Crippen LogP contribution in [0.4, 0.5) is 10.5 Å². The molecule has 0 saturated carbocycles. The summed E-state index contributed by atoms with van der Waals surface area (Å²) in [5.41, 5.74) is 1.42. The van der Waals surface area contributed by atoms with Gasteiger partial charge in [0.15, 0.2) is 5.82 Å². The summed E-state index contributed by atoms with van der Waals surface area (Å²) in [7, 11) is 0. The number of halogens is 1. The summed E-state index contributed by atoms with van der Waals surface area (Å²) in [4.78, 5) is 28.7. The SMILES string of the molecule is CC(=O)NCC1CN(c2ccc(-c3nc(C)no3)c(Br)c2)C(=O)O1. The minimum Gasteiger partial charge on any atom is -0.442 e. The van der Waals surface area contributed by atoms with Gasteiger partial charge in [-0.2, -0.15) is 4.98 Å². The van der Waals surface area contributed by atoms with E-state index in [1.165, 1.54) is 11.8 Å². The number of carbonyl (C=O) groups excluding carboxylic acids is 2. The molecule has 0 aliphatic carbocycles. The van der Waals surface area contributed by atoms with Crippen LogP contribution < -0.4 is 10.2 Å². The Hall–Kier alpha value is -2.42. The number of benzene rings is 1. The number of cyclic esters (lactones) is 1. The number of rotatable bonds is 4. The van der Waals surface area contributed by atoms with Gasteiger partial charge in [-0.15, -0.1) is 0 Å². The molecule has 126 valence electrons. The van der Waals surface area contributed by atoms with Crippen LogP contribution in [0.5, 0.6) is 0 Å². The highest BCUT2D eigenvalue weighted by Crippen LogP contribution is 2.32. The largest absolute Gasteiger partial charge is 0.442 e. The molecule has 2 aromatic rings. The zero-order chi connectivity index (χ0) is 17.3. The lowest BCUT2D eigenvalue weighted by Gasteiger charge is -2.14. The molecular weight excluding hydrogens is 380 g/mol. The van der Waals surface area contributed by atoms with Crippen molar-refractivity contribution in [2.75, 3.05) is 18.0 Å². The molecule has 8 nitrogen and oxygen atoms in total. The Bertz CT molecular complexity index is 792. The van der Waals surface area contributed by atoms with Crippen LogP contribution in [-0.2, 0) is 9.53 Å². The van der Waals surface area contributed by atoms with E-state index in [1.54, 1.807) is 25.1 Å².